The van der Waals surface area contributed by atoms with Gasteiger partial charge in [-0.1, -0.05) is 0 Å². The molecule has 0 unspecified atom stereocenters. The molecule has 1 saturated carbocycles. The van der Waals surface area contributed by atoms with Crippen LogP contribution in [0.1, 0.15) is 33.6 Å². The van der Waals surface area contributed by atoms with Gasteiger partial charge in [0.25, 0.3) is 0 Å². The largest absolute Gasteiger partial charge is 0.444 e. The number of ether oxygens (including phenoxy) is 1. The van der Waals surface area contributed by atoms with Gasteiger partial charge in [0, 0.05) is 6.54 Å². The molecule has 0 aromatic rings. The van der Waals surface area contributed by atoms with Crippen molar-refractivity contribution in [1.29, 1.82) is 0 Å². The number of carbonyl (C=O) groups is 1. The van der Waals surface area contributed by atoms with Crippen LogP contribution in [0.3, 0.4) is 0 Å². The summed E-state index contributed by atoms with van der Waals surface area (Å²) in [5.74, 6) is 0.884. The van der Waals surface area contributed by atoms with Crippen molar-refractivity contribution in [2.75, 3.05) is 13.1 Å². The van der Waals surface area contributed by atoms with E-state index in [1.165, 1.54) is 0 Å². The fraction of sp³-hybridized carbons (Fsp3) is 0.923. The molecule has 0 bridgehead atoms. The van der Waals surface area contributed by atoms with Crippen LogP contribution in [0.2, 0.25) is 0 Å². The van der Waals surface area contributed by atoms with E-state index < -0.39 is 17.8 Å². The zero-order valence-corrected chi connectivity index (χ0v) is 11.4. The van der Waals surface area contributed by atoms with E-state index in [1.54, 1.807) is 0 Å². The number of amides is 1. The molecule has 2 rings (SSSR count). The first kappa shape index (κ1) is 13.6. The highest BCUT2D eigenvalue weighted by Crippen LogP contribution is 2.33. The maximum atomic E-state index is 11.8. The van der Waals surface area contributed by atoms with E-state index in [4.69, 9.17) is 4.74 Å². The molecule has 2 aliphatic rings. The minimum atomic E-state index is -0.503. The van der Waals surface area contributed by atoms with Crippen molar-refractivity contribution in [1.82, 2.24) is 10.6 Å². The van der Waals surface area contributed by atoms with Crippen LogP contribution in [-0.2, 0) is 4.74 Å². The third-order valence-electron chi connectivity index (χ3n) is 3.78. The molecule has 0 spiro atoms. The summed E-state index contributed by atoms with van der Waals surface area (Å²) in [4.78, 5) is 11.8. The van der Waals surface area contributed by atoms with Crippen molar-refractivity contribution >= 4 is 6.09 Å². The Morgan fingerprint density at radius 2 is 2.06 bits per heavy atom. The number of rotatable bonds is 1. The molecule has 1 heterocycles. The molecule has 3 N–H and O–H groups in total. The van der Waals surface area contributed by atoms with Crippen molar-refractivity contribution in [2.45, 2.75) is 51.4 Å². The first-order chi connectivity index (χ1) is 8.37. The van der Waals surface area contributed by atoms with Crippen molar-refractivity contribution in [3.8, 4) is 0 Å². The standard InChI is InChI=1S/C13H24N2O3/c1-13(2,3)18-12(17)15-11-9-7-14-6-8(9)4-5-10(11)16/h8-11,14,16H,4-7H2,1-3H3,(H,15,17)/t8-,9+,10+,11+/m1/s1. The molecular formula is C13H24N2O3. The van der Waals surface area contributed by atoms with Crippen LogP contribution in [-0.4, -0.2) is 42.0 Å². The highest BCUT2D eigenvalue weighted by atomic mass is 16.6. The van der Waals surface area contributed by atoms with E-state index in [0.717, 1.165) is 25.9 Å². The number of fused-ring (bicyclic) bond motifs is 1. The van der Waals surface area contributed by atoms with Gasteiger partial charge in [0.15, 0.2) is 0 Å². The summed E-state index contributed by atoms with van der Waals surface area (Å²) in [6.45, 7) is 7.36. The molecule has 5 nitrogen and oxygen atoms in total. The number of nitrogens with one attached hydrogen (secondary N) is 2. The molecule has 4 atom stereocenters. The zero-order valence-electron chi connectivity index (χ0n) is 11.4. The maximum Gasteiger partial charge on any atom is 0.407 e. The quantitative estimate of drug-likeness (QED) is 0.651. The van der Waals surface area contributed by atoms with E-state index >= 15 is 0 Å². The Hall–Kier alpha value is -0.810. The average molecular weight is 256 g/mol. The Kier molecular flexibility index (Phi) is 3.82. The minimum Gasteiger partial charge on any atom is -0.444 e. The first-order valence-corrected chi connectivity index (χ1v) is 6.75. The van der Waals surface area contributed by atoms with Crippen LogP contribution in [0, 0.1) is 11.8 Å². The van der Waals surface area contributed by atoms with Gasteiger partial charge in [-0.05, 0) is 52.0 Å². The van der Waals surface area contributed by atoms with Gasteiger partial charge in [-0.3, -0.25) is 0 Å². The van der Waals surface area contributed by atoms with Crippen LogP contribution >= 0.6 is 0 Å². The second kappa shape index (κ2) is 5.05. The van der Waals surface area contributed by atoms with E-state index in [-0.39, 0.29) is 6.04 Å². The maximum absolute atomic E-state index is 11.8. The smallest absolute Gasteiger partial charge is 0.407 e. The van der Waals surface area contributed by atoms with Crippen molar-refractivity contribution in [3.05, 3.63) is 0 Å². The summed E-state index contributed by atoms with van der Waals surface area (Å²) in [6, 6.07) is -0.186. The SMILES string of the molecule is CC(C)(C)OC(=O)N[C@H]1[C@H]2CNC[C@H]2CC[C@@H]1O. The Morgan fingerprint density at radius 3 is 2.72 bits per heavy atom. The van der Waals surface area contributed by atoms with Crippen LogP contribution in [0.15, 0.2) is 0 Å². The predicted molar refractivity (Wildman–Crippen MR) is 68.2 cm³/mol. The molecule has 1 saturated heterocycles. The zero-order chi connectivity index (χ0) is 13.3. The molecule has 1 aliphatic carbocycles. The molecule has 104 valence electrons. The molecule has 0 aromatic heterocycles. The number of carbonyl (C=O) groups excluding carboxylic acids is 1. The summed E-state index contributed by atoms with van der Waals surface area (Å²) in [5.41, 5.74) is -0.503. The fourth-order valence-corrected chi connectivity index (χ4v) is 2.99. The first-order valence-electron chi connectivity index (χ1n) is 6.75. The van der Waals surface area contributed by atoms with Crippen molar-refractivity contribution in [2.24, 2.45) is 11.8 Å². The van der Waals surface area contributed by atoms with Gasteiger partial charge < -0.3 is 20.5 Å². The third kappa shape index (κ3) is 3.14. The fourth-order valence-electron chi connectivity index (χ4n) is 2.99. The molecule has 0 aromatic carbocycles. The molecule has 1 amide bonds. The summed E-state index contributed by atoms with van der Waals surface area (Å²) >= 11 is 0. The Bertz CT molecular complexity index is 314. The van der Waals surface area contributed by atoms with Gasteiger partial charge in [0.2, 0.25) is 0 Å². The van der Waals surface area contributed by atoms with Gasteiger partial charge in [-0.25, -0.2) is 4.79 Å². The highest BCUT2D eigenvalue weighted by Gasteiger charge is 2.42. The van der Waals surface area contributed by atoms with Gasteiger partial charge in [-0.15, -0.1) is 0 Å². The van der Waals surface area contributed by atoms with Crippen LogP contribution in [0.5, 0.6) is 0 Å². The predicted octanol–water partition coefficient (Wildman–Crippen LogP) is 0.870. The molecular weight excluding hydrogens is 232 g/mol. The molecule has 1 aliphatic heterocycles. The normalized spacial score (nSPS) is 36.0. The van der Waals surface area contributed by atoms with Gasteiger partial charge in [0.1, 0.15) is 5.60 Å². The summed E-state index contributed by atoms with van der Waals surface area (Å²) in [7, 11) is 0. The lowest BCUT2D eigenvalue weighted by atomic mass is 9.76. The van der Waals surface area contributed by atoms with E-state index in [2.05, 4.69) is 10.6 Å². The Labute approximate surface area is 108 Å². The number of alkyl carbamates (subject to hydrolysis) is 1. The third-order valence-corrected chi connectivity index (χ3v) is 3.78. The number of aliphatic hydroxyl groups is 1. The topological polar surface area (TPSA) is 70.6 Å². The Balaban J connectivity index is 1.95. The van der Waals surface area contributed by atoms with Crippen molar-refractivity contribution < 1.29 is 14.6 Å². The van der Waals surface area contributed by atoms with Gasteiger partial charge in [0.05, 0.1) is 12.1 Å². The van der Waals surface area contributed by atoms with Crippen LogP contribution < -0.4 is 10.6 Å². The number of hydrogen-bond acceptors (Lipinski definition) is 4. The minimum absolute atomic E-state index is 0.186. The Morgan fingerprint density at radius 1 is 1.33 bits per heavy atom. The van der Waals surface area contributed by atoms with Crippen molar-refractivity contribution in [3.63, 3.8) is 0 Å². The van der Waals surface area contributed by atoms with Gasteiger partial charge in [-0.2, -0.15) is 0 Å². The van der Waals surface area contributed by atoms with E-state index in [1.807, 2.05) is 20.8 Å². The van der Waals surface area contributed by atoms with E-state index in [0.29, 0.717) is 11.8 Å². The number of hydrogen-bond donors (Lipinski definition) is 3. The summed E-state index contributed by atoms with van der Waals surface area (Å²) < 4.78 is 5.26. The summed E-state index contributed by atoms with van der Waals surface area (Å²) in [6.07, 6.45) is 0.895. The highest BCUT2D eigenvalue weighted by molar-refractivity contribution is 5.68. The average Bonchev–Trinajstić information content (AvgIpc) is 2.67. The lowest BCUT2D eigenvalue weighted by molar-refractivity contribution is 0.0187. The molecule has 18 heavy (non-hydrogen) atoms. The van der Waals surface area contributed by atoms with E-state index in [9.17, 15) is 9.90 Å². The number of aliphatic hydroxyl groups excluding tert-OH is 1. The molecule has 2 fully saturated rings. The second-order valence-corrected chi connectivity index (χ2v) is 6.40. The monoisotopic (exact) mass is 256 g/mol. The van der Waals surface area contributed by atoms with Crippen LogP contribution in [0.4, 0.5) is 4.79 Å². The lowest BCUT2D eigenvalue weighted by Gasteiger charge is -2.37. The summed E-state index contributed by atoms with van der Waals surface area (Å²) in [5, 5.41) is 16.2. The molecule has 5 heteroatoms. The van der Waals surface area contributed by atoms with Gasteiger partial charge >= 0.3 is 6.09 Å². The van der Waals surface area contributed by atoms with Crippen LogP contribution in [0.25, 0.3) is 0 Å². The lowest BCUT2D eigenvalue weighted by Crippen LogP contribution is -2.53. The second-order valence-electron chi connectivity index (χ2n) is 6.40. The molecule has 0 radical (unpaired) electrons.